The van der Waals surface area contributed by atoms with E-state index in [1.807, 2.05) is 0 Å². The molecule has 2 aliphatic carbocycles. The lowest BCUT2D eigenvalue weighted by Gasteiger charge is -2.30. The Morgan fingerprint density at radius 1 is 0.867 bits per heavy atom. The van der Waals surface area contributed by atoms with E-state index in [4.69, 9.17) is 0 Å². The summed E-state index contributed by atoms with van der Waals surface area (Å²) in [5.74, 6) is 0.528. The van der Waals surface area contributed by atoms with Crippen molar-refractivity contribution >= 4 is 0 Å². The molecule has 0 aromatic rings. The van der Waals surface area contributed by atoms with Crippen LogP contribution in [-0.4, -0.2) is 23.8 Å². The molecule has 2 heteroatoms. The van der Waals surface area contributed by atoms with E-state index >= 15 is 0 Å². The van der Waals surface area contributed by atoms with Gasteiger partial charge in [-0.3, -0.25) is 0 Å². The Bertz CT molecular complexity index is 177. The third kappa shape index (κ3) is 3.46. The molecule has 0 heterocycles. The van der Waals surface area contributed by atoms with Crippen LogP contribution in [0.2, 0.25) is 0 Å². The Kier molecular flexibility index (Phi) is 4.45. The van der Waals surface area contributed by atoms with Crippen molar-refractivity contribution in [1.29, 1.82) is 0 Å². The van der Waals surface area contributed by atoms with Crippen molar-refractivity contribution in [1.82, 2.24) is 5.32 Å². The van der Waals surface area contributed by atoms with Gasteiger partial charge in [0.1, 0.15) is 0 Å². The molecule has 2 aliphatic rings. The summed E-state index contributed by atoms with van der Waals surface area (Å²) >= 11 is 0. The molecule has 2 atom stereocenters. The second-order valence-corrected chi connectivity index (χ2v) is 5.36. The second-order valence-electron chi connectivity index (χ2n) is 5.36. The van der Waals surface area contributed by atoms with Crippen LogP contribution in [-0.2, 0) is 0 Å². The molecular formula is C13H25NO. The van der Waals surface area contributed by atoms with E-state index in [2.05, 4.69) is 5.32 Å². The average Bonchev–Trinajstić information content (AvgIpc) is 2.29. The fraction of sp³-hybridized carbons (Fsp3) is 1.00. The van der Waals surface area contributed by atoms with Crippen LogP contribution in [0.15, 0.2) is 0 Å². The molecule has 0 amide bonds. The molecule has 0 aliphatic heterocycles. The minimum atomic E-state index is -0.0326. The van der Waals surface area contributed by atoms with E-state index in [1.165, 1.54) is 51.4 Å². The van der Waals surface area contributed by atoms with E-state index < -0.39 is 0 Å². The van der Waals surface area contributed by atoms with E-state index in [9.17, 15) is 5.11 Å². The zero-order valence-corrected chi connectivity index (χ0v) is 9.75. The number of aliphatic hydroxyl groups excluding tert-OH is 1. The van der Waals surface area contributed by atoms with Gasteiger partial charge in [-0.1, -0.05) is 32.1 Å². The topological polar surface area (TPSA) is 32.3 Å². The molecule has 0 saturated heterocycles. The molecule has 2 rings (SSSR count). The number of aliphatic hydroxyl groups is 1. The van der Waals surface area contributed by atoms with Crippen molar-refractivity contribution in [2.24, 2.45) is 5.92 Å². The average molecular weight is 211 g/mol. The van der Waals surface area contributed by atoms with Crippen LogP contribution >= 0.6 is 0 Å². The van der Waals surface area contributed by atoms with Crippen molar-refractivity contribution in [3.8, 4) is 0 Å². The fourth-order valence-electron chi connectivity index (χ4n) is 3.05. The van der Waals surface area contributed by atoms with Gasteiger partial charge in [-0.05, 0) is 31.6 Å². The van der Waals surface area contributed by atoms with Crippen LogP contribution < -0.4 is 5.32 Å². The number of nitrogens with one attached hydrogen (secondary N) is 1. The molecule has 0 bridgehead atoms. The standard InChI is InChI=1S/C13H25NO/c15-13-9-5-4-6-11(13)10-14-12-7-2-1-3-8-12/h11-15H,1-10H2/t11-,13-/m0/s1. The smallest absolute Gasteiger partial charge is 0.0580 e. The first-order valence-corrected chi connectivity index (χ1v) is 6.78. The van der Waals surface area contributed by atoms with Crippen LogP contribution in [0.4, 0.5) is 0 Å². The lowest BCUT2D eigenvalue weighted by Crippen LogP contribution is -2.39. The van der Waals surface area contributed by atoms with Crippen LogP contribution in [0.25, 0.3) is 0 Å². The number of hydrogen-bond donors (Lipinski definition) is 2. The Labute approximate surface area is 93.5 Å². The van der Waals surface area contributed by atoms with Crippen LogP contribution in [0.5, 0.6) is 0 Å². The monoisotopic (exact) mass is 211 g/mol. The summed E-state index contributed by atoms with van der Waals surface area (Å²) in [4.78, 5) is 0. The van der Waals surface area contributed by atoms with E-state index in [0.29, 0.717) is 5.92 Å². The summed E-state index contributed by atoms with van der Waals surface area (Å²) in [7, 11) is 0. The molecular weight excluding hydrogens is 186 g/mol. The summed E-state index contributed by atoms with van der Waals surface area (Å²) < 4.78 is 0. The normalized spacial score (nSPS) is 34.2. The van der Waals surface area contributed by atoms with Crippen LogP contribution in [0, 0.1) is 5.92 Å². The van der Waals surface area contributed by atoms with Gasteiger partial charge in [-0.15, -0.1) is 0 Å². The molecule has 0 aromatic carbocycles. The summed E-state index contributed by atoms with van der Waals surface area (Å²) in [6.07, 6.45) is 11.7. The third-order valence-electron chi connectivity index (χ3n) is 4.14. The summed E-state index contributed by atoms with van der Waals surface area (Å²) in [5, 5.41) is 13.5. The maximum atomic E-state index is 9.86. The zero-order valence-electron chi connectivity index (χ0n) is 9.75. The van der Waals surface area contributed by atoms with Gasteiger partial charge in [0.05, 0.1) is 6.10 Å². The zero-order chi connectivity index (χ0) is 10.5. The molecule has 0 aromatic heterocycles. The predicted octanol–water partition coefficient (Wildman–Crippen LogP) is 2.46. The van der Waals surface area contributed by atoms with Crippen molar-refractivity contribution in [3.05, 3.63) is 0 Å². The van der Waals surface area contributed by atoms with Crippen molar-refractivity contribution in [3.63, 3.8) is 0 Å². The van der Waals surface area contributed by atoms with Gasteiger partial charge in [-0.2, -0.15) is 0 Å². The van der Waals surface area contributed by atoms with Gasteiger partial charge in [0.25, 0.3) is 0 Å². The minimum absolute atomic E-state index is 0.0326. The quantitative estimate of drug-likeness (QED) is 0.751. The highest BCUT2D eigenvalue weighted by atomic mass is 16.3. The Hall–Kier alpha value is -0.0800. The Balaban J connectivity index is 1.67. The second kappa shape index (κ2) is 5.86. The van der Waals surface area contributed by atoms with Gasteiger partial charge in [0.2, 0.25) is 0 Å². The molecule has 0 radical (unpaired) electrons. The highest BCUT2D eigenvalue weighted by molar-refractivity contribution is 4.79. The van der Waals surface area contributed by atoms with Gasteiger partial charge in [0.15, 0.2) is 0 Å². The highest BCUT2D eigenvalue weighted by Crippen LogP contribution is 2.24. The SMILES string of the molecule is O[C@H]1CCCC[C@H]1CNC1CCCCC1. The Morgan fingerprint density at radius 2 is 1.53 bits per heavy atom. The van der Waals surface area contributed by atoms with Gasteiger partial charge >= 0.3 is 0 Å². The van der Waals surface area contributed by atoms with Crippen molar-refractivity contribution in [2.75, 3.05) is 6.54 Å². The maximum Gasteiger partial charge on any atom is 0.0580 e. The summed E-state index contributed by atoms with van der Waals surface area (Å²) in [6.45, 7) is 1.05. The first-order valence-electron chi connectivity index (χ1n) is 6.78. The lowest BCUT2D eigenvalue weighted by atomic mass is 9.86. The largest absolute Gasteiger partial charge is 0.393 e. The van der Waals surface area contributed by atoms with E-state index in [1.54, 1.807) is 0 Å². The minimum Gasteiger partial charge on any atom is -0.393 e. The molecule has 88 valence electrons. The van der Waals surface area contributed by atoms with E-state index in [-0.39, 0.29) is 6.10 Å². The predicted molar refractivity (Wildman–Crippen MR) is 62.8 cm³/mol. The number of rotatable bonds is 3. The molecule has 15 heavy (non-hydrogen) atoms. The molecule has 2 saturated carbocycles. The highest BCUT2D eigenvalue weighted by Gasteiger charge is 2.23. The number of hydrogen-bond acceptors (Lipinski definition) is 2. The van der Waals surface area contributed by atoms with Crippen molar-refractivity contribution in [2.45, 2.75) is 69.9 Å². The first kappa shape index (κ1) is 11.4. The molecule has 2 nitrogen and oxygen atoms in total. The third-order valence-corrected chi connectivity index (χ3v) is 4.14. The van der Waals surface area contributed by atoms with Crippen LogP contribution in [0.3, 0.4) is 0 Å². The molecule has 0 unspecified atom stereocenters. The van der Waals surface area contributed by atoms with E-state index in [0.717, 1.165) is 19.0 Å². The van der Waals surface area contributed by atoms with Gasteiger partial charge < -0.3 is 10.4 Å². The van der Waals surface area contributed by atoms with Gasteiger partial charge in [0, 0.05) is 12.6 Å². The lowest BCUT2D eigenvalue weighted by molar-refractivity contribution is 0.0673. The fourth-order valence-corrected chi connectivity index (χ4v) is 3.05. The van der Waals surface area contributed by atoms with Crippen molar-refractivity contribution < 1.29 is 5.11 Å². The molecule has 2 N–H and O–H groups in total. The first-order chi connectivity index (χ1) is 7.36. The molecule has 2 fully saturated rings. The molecule has 0 spiro atoms. The maximum absolute atomic E-state index is 9.86. The Morgan fingerprint density at radius 3 is 2.27 bits per heavy atom. The summed E-state index contributed by atoms with van der Waals surface area (Å²) in [6, 6.07) is 0.743. The van der Waals surface area contributed by atoms with Gasteiger partial charge in [-0.25, -0.2) is 0 Å². The summed E-state index contributed by atoms with van der Waals surface area (Å²) in [5.41, 5.74) is 0. The van der Waals surface area contributed by atoms with Crippen LogP contribution in [0.1, 0.15) is 57.8 Å².